The van der Waals surface area contributed by atoms with E-state index in [-0.39, 0.29) is 28.1 Å². The second-order valence-corrected chi connectivity index (χ2v) is 8.02. The van der Waals surface area contributed by atoms with Gasteiger partial charge in [0.1, 0.15) is 11.3 Å². The van der Waals surface area contributed by atoms with Gasteiger partial charge in [0.25, 0.3) is 5.91 Å². The van der Waals surface area contributed by atoms with Crippen LogP contribution in [0.3, 0.4) is 0 Å². The number of fused-ring (bicyclic) bond motifs is 2. The number of nitrogens with one attached hydrogen (secondary N) is 1. The predicted octanol–water partition coefficient (Wildman–Crippen LogP) is 2.74. The standard InChI is InChI=1S/C19H19F2N5O3/c1-18-8-19(9-18,10-28-18)14-7-26-6-12(13(29-17(20)21)5-15(26)23-14)22-16(27)11-3-4-25(2)24-11/h3-7,17H,8-10H2,1-2H3,(H,22,27). The van der Waals surface area contributed by atoms with Gasteiger partial charge in [-0.2, -0.15) is 13.9 Å². The molecule has 2 aliphatic heterocycles. The minimum atomic E-state index is -3.04. The van der Waals surface area contributed by atoms with E-state index in [1.807, 2.05) is 6.20 Å². The number of rotatable bonds is 5. The quantitative estimate of drug-likeness (QED) is 0.708. The number of imidazole rings is 1. The molecule has 3 aromatic heterocycles. The molecule has 1 aliphatic carbocycles. The van der Waals surface area contributed by atoms with Crippen LogP contribution in [-0.2, 0) is 17.2 Å². The number of halogens is 2. The molecule has 2 bridgehead atoms. The number of carbonyl (C=O) groups excluding carboxylic acids is 1. The first-order valence-corrected chi connectivity index (χ1v) is 9.18. The molecular formula is C19H19F2N5O3. The Morgan fingerprint density at radius 1 is 1.38 bits per heavy atom. The normalized spacial score (nSPS) is 25.4. The maximum absolute atomic E-state index is 12.9. The van der Waals surface area contributed by atoms with Crippen LogP contribution < -0.4 is 10.1 Å². The monoisotopic (exact) mass is 403 g/mol. The fraction of sp³-hybridized carbons (Fsp3) is 0.421. The van der Waals surface area contributed by atoms with Crippen LogP contribution in [0.1, 0.15) is 35.9 Å². The zero-order chi connectivity index (χ0) is 20.4. The summed E-state index contributed by atoms with van der Waals surface area (Å²) < 4.78 is 39.5. The maximum Gasteiger partial charge on any atom is 0.387 e. The highest BCUT2D eigenvalue weighted by Crippen LogP contribution is 2.58. The zero-order valence-electron chi connectivity index (χ0n) is 15.9. The largest absolute Gasteiger partial charge is 0.432 e. The number of hydrogen-bond acceptors (Lipinski definition) is 5. The fourth-order valence-corrected chi connectivity index (χ4v) is 4.43. The summed E-state index contributed by atoms with van der Waals surface area (Å²) in [5.74, 6) is -0.686. The van der Waals surface area contributed by atoms with E-state index < -0.39 is 12.5 Å². The summed E-state index contributed by atoms with van der Waals surface area (Å²) >= 11 is 0. The van der Waals surface area contributed by atoms with Gasteiger partial charge in [0.05, 0.1) is 17.9 Å². The molecule has 3 fully saturated rings. The lowest BCUT2D eigenvalue weighted by Gasteiger charge is -2.41. The van der Waals surface area contributed by atoms with Crippen molar-refractivity contribution in [2.75, 3.05) is 11.9 Å². The molecule has 1 N–H and O–H groups in total. The van der Waals surface area contributed by atoms with E-state index in [2.05, 4.69) is 27.1 Å². The highest BCUT2D eigenvalue weighted by atomic mass is 19.3. The Hall–Kier alpha value is -3.01. The molecule has 2 saturated heterocycles. The van der Waals surface area contributed by atoms with E-state index >= 15 is 0 Å². The number of aryl methyl sites for hydroxylation is 1. The Labute approximate surface area is 164 Å². The zero-order valence-corrected chi connectivity index (χ0v) is 15.9. The molecule has 0 spiro atoms. The molecule has 3 aliphatic rings. The van der Waals surface area contributed by atoms with Gasteiger partial charge in [0.15, 0.2) is 11.4 Å². The Morgan fingerprint density at radius 2 is 2.17 bits per heavy atom. The number of nitrogens with zero attached hydrogens (tertiary/aromatic N) is 4. The van der Waals surface area contributed by atoms with Crippen molar-refractivity contribution in [2.24, 2.45) is 7.05 Å². The molecule has 0 radical (unpaired) electrons. The number of aromatic nitrogens is 4. The van der Waals surface area contributed by atoms with Crippen LogP contribution in [0, 0.1) is 0 Å². The molecule has 152 valence electrons. The predicted molar refractivity (Wildman–Crippen MR) is 98.3 cm³/mol. The Balaban J connectivity index is 1.50. The van der Waals surface area contributed by atoms with Crippen LogP contribution in [0.4, 0.5) is 14.5 Å². The third kappa shape index (κ3) is 2.94. The molecule has 5 heterocycles. The van der Waals surface area contributed by atoms with Crippen molar-refractivity contribution in [3.8, 4) is 5.75 Å². The summed E-state index contributed by atoms with van der Waals surface area (Å²) in [5.41, 5.74) is 1.35. The summed E-state index contributed by atoms with van der Waals surface area (Å²) in [7, 11) is 1.68. The van der Waals surface area contributed by atoms with E-state index in [4.69, 9.17) is 4.74 Å². The SMILES string of the molecule is Cn1ccc(C(=O)Nc2cn3cc(C45COC(C)(C4)C5)nc3cc2OC(F)F)n1. The topological polar surface area (TPSA) is 82.7 Å². The number of pyridine rings is 1. The summed E-state index contributed by atoms with van der Waals surface area (Å²) in [6.45, 7) is -0.364. The second kappa shape index (κ2) is 5.99. The van der Waals surface area contributed by atoms with Crippen molar-refractivity contribution >= 4 is 17.2 Å². The van der Waals surface area contributed by atoms with Gasteiger partial charge in [-0.25, -0.2) is 4.98 Å². The first-order valence-electron chi connectivity index (χ1n) is 9.18. The number of alkyl halides is 2. The second-order valence-electron chi connectivity index (χ2n) is 8.02. The summed E-state index contributed by atoms with van der Waals surface area (Å²) in [6, 6.07) is 2.93. The fourth-order valence-electron chi connectivity index (χ4n) is 4.43. The van der Waals surface area contributed by atoms with Crippen LogP contribution in [0.25, 0.3) is 5.65 Å². The van der Waals surface area contributed by atoms with Crippen molar-refractivity contribution < 1.29 is 23.0 Å². The molecular weight excluding hydrogens is 384 g/mol. The lowest BCUT2D eigenvalue weighted by molar-refractivity contribution is -0.0493. The number of hydrogen-bond donors (Lipinski definition) is 1. The third-order valence-electron chi connectivity index (χ3n) is 5.63. The highest BCUT2D eigenvalue weighted by Gasteiger charge is 2.61. The molecule has 29 heavy (non-hydrogen) atoms. The smallest absolute Gasteiger partial charge is 0.387 e. The first kappa shape index (κ1) is 18.0. The molecule has 1 saturated carbocycles. The average Bonchev–Trinajstić information content (AvgIpc) is 3.36. The lowest BCUT2D eigenvalue weighted by Crippen LogP contribution is -2.45. The molecule has 6 rings (SSSR count). The van der Waals surface area contributed by atoms with Gasteiger partial charge in [-0.05, 0) is 25.8 Å². The number of anilines is 1. The van der Waals surface area contributed by atoms with Crippen LogP contribution in [0.2, 0.25) is 0 Å². The van der Waals surface area contributed by atoms with Crippen LogP contribution in [-0.4, -0.2) is 43.9 Å². The van der Waals surface area contributed by atoms with Gasteiger partial charge in [-0.15, -0.1) is 0 Å². The highest BCUT2D eigenvalue weighted by molar-refractivity contribution is 6.03. The molecule has 1 amide bonds. The van der Waals surface area contributed by atoms with Crippen molar-refractivity contribution in [1.82, 2.24) is 19.2 Å². The third-order valence-corrected chi connectivity index (χ3v) is 5.63. The van der Waals surface area contributed by atoms with E-state index in [0.717, 1.165) is 18.5 Å². The number of carbonyl (C=O) groups is 1. The van der Waals surface area contributed by atoms with Gasteiger partial charge in [0, 0.05) is 37.1 Å². The van der Waals surface area contributed by atoms with E-state index in [1.54, 1.807) is 17.6 Å². The van der Waals surface area contributed by atoms with Crippen LogP contribution >= 0.6 is 0 Å². The van der Waals surface area contributed by atoms with Gasteiger partial charge in [0.2, 0.25) is 0 Å². The summed E-state index contributed by atoms with van der Waals surface area (Å²) in [6.07, 6.45) is 6.76. The van der Waals surface area contributed by atoms with Crippen LogP contribution in [0.5, 0.6) is 5.75 Å². The van der Waals surface area contributed by atoms with E-state index in [9.17, 15) is 13.6 Å². The molecule has 8 nitrogen and oxygen atoms in total. The Bertz CT molecular complexity index is 1120. The van der Waals surface area contributed by atoms with Crippen molar-refractivity contribution in [1.29, 1.82) is 0 Å². The Morgan fingerprint density at radius 3 is 2.79 bits per heavy atom. The van der Waals surface area contributed by atoms with Crippen molar-refractivity contribution in [3.05, 3.63) is 42.1 Å². The molecule has 0 unspecified atom stereocenters. The number of ether oxygens (including phenoxy) is 2. The summed E-state index contributed by atoms with van der Waals surface area (Å²) in [5, 5.41) is 6.62. The van der Waals surface area contributed by atoms with Gasteiger partial charge in [-0.3, -0.25) is 9.48 Å². The van der Waals surface area contributed by atoms with Gasteiger partial charge >= 0.3 is 6.61 Å². The summed E-state index contributed by atoms with van der Waals surface area (Å²) in [4.78, 5) is 17.1. The Kier molecular flexibility index (Phi) is 3.73. The minimum absolute atomic E-state index is 0.0957. The van der Waals surface area contributed by atoms with Crippen molar-refractivity contribution in [3.63, 3.8) is 0 Å². The minimum Gasteiger partial charge on any atom is -0.432 e. The number of amides is 1. The van der Waals surface area contributed by atoms with Gasteiger partial charge < -0.3 is 19.2 Å². The van der Waals surface area contributed by atoms with Crippen molar-refractivity contribution in [2.45, 2.75) is 37.4 Å². The average molecular weight is 403 g/mol. The van der Waals surface area contributed by atoms with E-state index in [1.165, 1.54) is 23.0 Å². The first-order chi connectivity index (χ1) is 13.8. The lowest BCUT2D eigenvalue weighted by atomic mass is 9.62. The molecule has 0 atom stereocenters. The maximum atomic E-state index is 12.9. The molecule has 3 aromatic rings. The van der Waals surface area contributed by atoms with E-state index in [0.29, 0.717) is 12.3 Å². The molecule has 0 aromatic carbocycles. The molecule has 10 heteroatoms. The van der Waals surface area contributed by atoms with Crippen LogP contribution in [0.15, 0.2) is 30.7 Å². The van der Waals surface area contributed by atoms with Gasteiger partial charge in [-0.1, -0.05) is 0 Å².